The van der Waals surface area contributed by atoms with Crippen LogP contribution in [-0.2, 0) is 9.59 Å². The van der Waals surface area contributed by atoms with E-state index in [9.17, 15) is 24.8 Å². The molecule has 6 rings (SSSR count). The van der Waals surface area contributed by atoms with Crippen molar-refractivity contribution in [2.24, 2.45) is 0 Å². The largest absolute Gasteiger partial charge is 0.505 e. The minimum Gasteiger partial charge on any atom is -0.505 e. The van der Waals surface area contributed by atoms with Crippen LogP contribution in [0.15, 0.2) is 72.4 Å². The number of imidazole rings is 1. The van der Waals surface area contributed by atoms with Crippen LogP contribution in [0.25, 0.3) is 21.6 Å². The van der Waals surface area contributed by atoms with E-state index >= 15 is 0 Å². The standard InChI is InChI=1S/C26H16ClN5O5S/c1-13-21(30-11-3-2-4-19(30)28-13)23(33)20-22(14-5-8-16(9-6-14)32(36)37)31(25(35)24(20)34)26-29-17-10-7-15(27)12-18(17)38-26/h2-12,22,33H,1H3/b23-20+. The number of fused-ring (bicyclic) bond motifs is 2. The molecule has 1 amide bonds. The quantitative estimate of drug-likeness (QED) is 0.105. The molecule has 1 aliphatic rings. The molecule has 1 unspecified atom stereocenters. The first kappa shape index (κ1) is 23.8. The van der Waals surface area contributed by atoms with Gasteiger partial charge in [0.25, 0.3) is 11.5 Å². The van der Waals surface area contributed by atoms with Gasteiger partial charge in [0, 0.05) is 23.4 Å². The molecule has 4 heterocycles. The molecular weight excluding hydrogens is 530 g/mol. The first-order chi connectivity index (χ1) is 18.2. The number of thiazole rings is 1. The zero-order chi connectivity index (χ0) is 26.7. The maximum atomic E-state index is 13.5. The van der Waals surface area contributed by atoms with Crippen LogP contribution in [0.3, 0.4) is 0 Å². The van der Waals surface area contributed by atoms with Crippen LogP contribution >= 0.6 is 22.9 Å². The molecule has 5 aromatic rings. The molecule has 3 aromatic heterocycles. The molecule has 1 N–H and O–H groups in total. The monoisotopic (exact) mass is 545 g/mol. The van der Waals surface area contributed by atoms with Crippen LogP contribution in [0.2, 0.25) is 5.02 Å². The summed E-state index contributed by atoms with van der Waals surface area (Å²) in [7, 11) is 0. The fraction of sp³-hybridized carbons (Fsp3) is 0.0769. The summed E-state index contributed by atoms with van der Waals surface area (Å²) in [4.78, 5) is 47.9. The maximum Gasteiger partial charge on any atom is 0.301 e. The molecule has 1 fully saturated rings. The van der Waals surface area contributed by atoms with E-state index in [1.54, 1.807) is 53.9 Å². The predicted octanol–water partition coefficient (Wildman–Crippen LogP) is 5.44. The number of amides is 1. The fourth-order valence-corrected chi connectivity index (χ4v) is 5.91. The molecule has 38 heavy (non-hydrogen) atoms. The van der Waals surface area contributed by atoms with Gasteiger partial charge in [-0.3, -0.25) is 29.0 Å². The van der Waals surface area contributed by atoms with Gasteiger partial charge in [0.15, 0.2) is 10.9 Å². The summed E-state index contributed by atoms with van der Waals surface area (Å²) >= 11 is 7.29. The summed E-state index contributed by atoms with van der Waals surface area (Å²) in [5.74, 6) is -2.20. The number of non-ortho nitro benzene ring substituents is 1. The lowest BCUT2D eigenvalue weighted by molar-refractivity contribution is -0.384. The highest BCUT2D eigenvalue weighted by molar-refractivity contribution is 7.22. The van der Waals surface area contributed by atoms with Crippen molar-refractivity contribution in [3.63, 3.8) is 0 Å². The Labute approximate surface area is 223 Å². The summed E-state index contributed by atoms with van der Waals surface area (Å²) in [6.45, 7) is 1.69. The molecule has 0 saturated carbocycles. The van der Waals surface area contributed by atoms with Crippen molar-refractivity contribution in [2.45, 2.75) is 13.0 Å². The molecule has 1 saturated heterocycles. The van der Waals surface area contributed by atoms with Gasteiger partial charge in [-0.2, -0.15) is 0 Å². The van der Waals surface area contributed by atoms with E-state index in [-0.39, 0.29) is 22.1 Å². The number of aromatic nitrogens is 3. The molecule has 1 atom stereocenters. The number of pyridine rings is 1. The number of aryl methyl sites for hydroxylation is 1. The Balaban J connectivity index is 1.60. The SMILES string of the molecule is Cc1nc2ccccn2c1/C(O)=C1\C(=O)C(=O)N(c2nc3ccc(Cl)cc3s2)C1c1ccc([N+](=O)[O-])cc1. The highest BCUT2D eigenvalue weighted by Crippen LogP contribution is 2.45. The minimum absolute atomic E-state index is 0.155. The van der Waals surface area contributed by atoms with Crippen LogP contribution < -0.4 is 4.90 Å². The summed E-state index contributed by atoms with van der Waals surface area (Å²) < 4.78 is 2.33. The molecule has 1 aliphatic heterocycles. The van der Waals surface area contributed by atoms with Gasteiger partial charge in [0.05, 0.1) is 32.4 Å². The Bertz CT molecular complexity index is 1840. The first-order valence-electron chi connectivity index (χ1n) is 11.3. The number of ketones is 1. The van der Waals surface area contributed by atoms with E-state index < -0.39 is 28.4 Å². The van der Waals surface area contributed by atoms with Crippen LogP contribution in [0, 0.1) is 17.0 Å². The maximum absolute atomic E-state index is 13.5. The van der Waals surface area contributed by atoms with Crippen LogP contribution in [-0.4, -0.2) is 36.1 Å². The Kier molecular flexibility index (Phi) is 5.47. The van der Waals surface area contributed by atoms with Gasteiger partial charge < -0.3 is 5.11 Å². The van der Waals surface area contributed by atoms with E-state index in [1.807, 2.05) is 0 Å². The average molecular weight is 546 g/mol. The third-order valence-electron chi connectivity index (χ3n) is 6.34. The van der Waals surface area contributed by atoms with Gasteiger partial charge in [-0.1, -0.05) is 29.0 Å². The number of hydrogen-bond donors (Lipinski definition) is 1. The minimum atomic E-state index is -1.10. The van der Waals surface area contributed by atoms with Crippen molar-refractivity contribution in [3.05, 3.63) is 105 Å². The normalized spacial score (nSPS) is 17.1. The van der Waals surface area contributed by atoms with Gasteiger partial charge in [0.2, 0.25) is 0 Å². The molecule has 12 heteroatoms. The lowest BCUT2D eigenvalue weighted by atomic mass is 9.96. The van der Waals surface area contributed by atoms with Crippen molar-refractivity contribution in [1.29, 1.82) is 0 Å². The number of nitrogens with zero attached hydrogens (tertiary/aromatic N) is 5. The number of aliphatic hydroxyl groups excluding tert-OH is 1. The number of hydrogen-bond acceptors (Lipinski definition) is 8. The number of Topliss-reactive ketones (excluding diaryl/α,β-unsaturated/α-hetero) is 1. The highest BCUT2D eigenvalue weighted by atomic mass is 35.5. The number of nitro groups is 1. The fourth-order valence-electron chi connectivity index (χ4n) is 4.64. The smallest absolute Gasteiger partial charge is 0.301 e. The number of nitro benzene ring substituents is 1. The summed E-state index contributed by atoms with van der Waals surface area (Å²) in [5, 5.41) is 23.5. The number of rotatable bonds is 4. The van der Waals surface area contributed by atoms with Crippen LogP contribution in [0.5, 0.6) is 0 Å². The van der Waals surface area contributed by atoms with E-state index in [0.717, 1.165) is 0 Å². The number of carbonyl (C=O) groups is 2. The van der Waals surface area contributed by atoms with Gasteiger partial charge >= 0.3 is 5.91 Å². The van der Waals surface area contributed by atoms with Crippen LogP contribution in [0.4, 0.5) is 10.8 Å². The van der Waals surface area contributed by atoms with Crippen LogP contribution in [0.1, 0.15) is 23.0 Å². The number of halogens is 1. The Hall–Kier alpha value is -4.61. The Morgan fingerprint density at radius 1 is 1.11 bits per heavy atom. The van der Waals surface area contributed by atoms with Gasteiger partial charge in [-0.05, 0) is 55.0 Å². The second-order valence-electron chi connectivity index (χ2n) is 8.60. The molecule has 188 valence electrons. The molecule has 2 aromatic carbocycles. The highest BCUT2D eigenvalue weighted by Gasteiger charge is 2.48. The Morgan fingerprint density at radius 2 is 1.87 bits per heavy atom. The molecule has 0 spiro atoms. The van der Waals surface area contributed by atoms with Gasteiger partial charge in [0.1, 0.15) is 11.3 Å². The predicted molar refractivity (Wildman–Crippen MR) is 142 cm³/mol. The topological polar surface area (TPSA) is 131 Å². The zero-order valence-corrected chi connectivity index (χ0v) is 21.1. The van der Waals surface area contributed by atoms with Gasteiger partial charge in [-0.25, -0.2) is 9.97 Å². The summed E-state index contributed by atoms with van der Waals surface area (Å²) in [5.41, 5.74) is 1.92. The lowest BCUT2D eigenvalue weighted by Gasteiger charge is -2.22. The van der Waals surface area contributed by atoms with Crippen molar-refractivity contribution in [2.75, 3.05) is 4.90 Å². The lowest BCUT2D eigenvalue weighted by Crippen LogP contribution is -2.29. The Morgan fingerprint density at radius 3 is 2.61 bits per heavy atom. The number of carbonyl (C=O) groups excluding carboxylic acids is 2. The second-order valence-corrected chi connectivity index (χ2v) is 10.0. The molecule has 10 nitrogen and oxygen atoms in total. The summed E-state index contributed by atoms with van der Waals surface area (Å²) in [6.07, 6.45) is 1.69. The molecule has 0 bridgehead atoms. The van der Waals surface area contributed by atoms with Crippen molar-refractivity contribution < 1.29 is 19.6 Å². The van der Waals surface area contributed by atoms with E-state index in [2.05, 4.69) is 9.97 Å². The molecule has 0 aliphatic carbocycles. The molecule has 0 radical (unpaired) electrons. The van der Waals surface area contributed by atoms with E-state index in [0.29, 0.717) is 32.1 Å². The van der Waals surface area contributed by atoms with Crippen molar-refractivity contribution >= 4 is 67.1 Å². The van der Waals surface area contributed by atoms with E-state index in [4.69, 9.17) is 11.6 Å². The number of aliphatic hydroxyl groups is 1. The third-order valence-corrected chi connectivity index (χ3v) is 7.59. The second kappa shape index (κ2) is 8.75. The van der Waals surface area contributed by atoms with Crippen molar-refractivity contribution in [1.82, 2.24) is 14.4 Å². The van der Waals surface area contributed by atoms with E-state index in [1.165, 1.54) is 40.5 Å². The first-order valence-corrected chi connectivity index (χ1v) is 12.5. The number of benzene rings is 2. The summed E-state index contributed by atoms with van der Waals surface area (Å²) in [6, 6.07) is 14.8. The van der Waals surface area contributed by atoms with Crippen molar-refractivity contribution in [3.8, 4) is 0 Å². The number of anilines is 1. The average Bonchev–Trinajstić information content (AvgIpc) is 3.54. The van der Waals surface area contributed by atoms with Gasteiger partial charge in [-0.15, -0.1) is 0 Å². The zero-order valence-electron chi connectivity index (χ0n) is 19.5. The molecular formula is C26H16ClN5O5S. The third kappa shape index (κ3) is 3.63.